The van der Waals surface area contributed by atoms with Gasteiger partial charge in [-0.15, -0.1) is 11.3 Å². The SMILES string of the molecule is Cc1oc(-c2cc(-c3ccccc3)c(C(F)(F)F)s2)n[n+]1C. The number of hydrogen-bond acceptors (Lipinski definition) is 3. The smallest absolute Gasteiger partial charge is 0.380 e. The molecular formula is C15H12F3N2OS+. The van der Waals surface area contributed by atoms with Gasteiger partial charge in [-0.05, 0) is 11.6 Å². The van der Waals surface area contributed by atoms with E-state index in [2.05, 4.69) is 5.10 Å². The molecule has 22 heavy (non-hydrogen) atoms. The Morgan fingerprint density at radius 3 is 2.41 bits per heavy atom. The minimum absolute atomic E-state index is 0.145. The van der Waals surface area contributed by atoms with Gasteiger partial charge in [0.1, 0.15) is 4.88 Å². The van der Waals surface area contributed by atoms with Crippen molar-refractivity contribution in [1.82, 2.24) is 5.10 Å². The molecule has 0 saturated carbocycles. The Hall–Kier alpha value is -2.15. The van der Waals surface area contributed by atoms with E-state index in [1.165, 1.54) is 10.7 Å². The van der Waals surface area contributed by atoms with Gasteiger partial charge in [0.05, 0.1) is 11.8 Å². The quantitative estimate of drug-likeness (QED) is 0.660. The number of aromatic nitrogens is 2. The molecule has 0 atom stereocenters. The van der Waals surface area contributed by atoms with Crippen LogP contribution in [0.5, 0.6) is 0 Å². The number of thiophene rings is 1. The summed E-state index contributed by atoms with van der Waals surface area (Å²) in [6.07, 6.45) is -4.42. The molecule has 0 aliphatic carbocycles. The minimum Gasteiger partial charge on any atom is -0.380 e. The van der Waals surface area contributed by atoms with Crippen LogP contribution in [0, 0.1) is 6.92 Å². The fourth-order valence-corrected chi connectivity index (χ4v) is 3.04. The van der Waals surface area contributed by atoms with Gasteiger partial charge in [-0.3, -0.25) is 0 Å². The number of rotatable bonds is 2. The van der Waals surface area contributed by atoms with Gasteiger partial charge in [-0.2, -0.15) is 13.2 Å². The number of alkyl halides is 3. The zero-order valence-corrected chi connectivity index (χ0v) is 12.6. The first kappa shape index (κ1) is 14.8. The van der Waals surface area contributed by atoms with Crippen LogP contribution in [0.4, 0.5) is 13.2 Å². The van der Waals surface area contributed by atoms with Gasteiger partial charge in [0.15, 0.2) is 7.05 Å². The molecule has 0 fully saturated rings. The van der Waals surface area contributed by atoms with E-state index in [9.17, 15) is 13.2 Å². The van der Waals surface area contributed by atoms with Crippen molar-refractivity contribution in [2.75, 3.05) is 0 Å². The lowest BCUT2D eigenvalue weighted by atomic mass is 10.1. The third-order valence-electron chi connectivity index (χ3n) is 3.23. The molecule has 0 spiro atoms. The van der Waals surface area contributed by atoms with Crippen molar-refractivity contribution in [3.63, 3.8) is 0 Å². The fraction of sp³-hybridized carbons (Fsp3) is 0.200. The molecule has 3 aromatic rings. The highest BCUT2D eigenvalue weighted by Crippen LogP contribution is 2.45. The summed E-state index contributed by atoms with van der Waals surface area (Å²) in [5.41, 5.74) is 0.664. The second-order valence-electron chi connectivity index (χ2n) is 4.77. The Balaban J connectivity index is 2.17. The normalized spacial score (nSPS) is 11.9. The van der Waals surface area contributed by atoms with Crippen LogP contribution in [0.25, 0.3) is 21.9 Å². The van der Waals surface area contributed by atoms with Crippen molar-refractivity contribution in [2.24, 2.45) is 7.05 Å². The van der Waals surface area contributed by atoms with Gasteiger partial charge in [-0.25, -0.2) is 0 Å². The summed E-state index contributed by atoms with van der Waals surface area (Å²) in [4.78, 5) is -0.290. The average Bonchev–Trinajstić information content (AvgIpc) is 3.04. The molecule has 0 amide bonds. The van der Waals surface area contributed by atoms with Crippen LogP contribution >= 0.6 is 11.3 Å². The molecule has 3 nitrogen and oxygen atoms in total. The maximum atomic E-state index is 13.3. The van der Waals surface area contributed by atoms with Crippen molar-refractivity contribution >= 4 is 11.3 Å². The maximum Gasteiger partial charge on any atom is 0.426 e. The summed E-state index contributed by atoms with van der Waals surface area (Å²) >= 11 is 0.642. The van der Waals surface area contributed by atoms with Crippen LogP contribution in [-0.2, 0) is 13.2 Å². The van der Waals surface area contributed by atoms with E-state index in [1.54, 1.807) is 44.3 Å². The van der Waals surface area contributed by atoms with Crippen LogP contribution in [-0.4, -0.2) is 5.10 Å². The molecule has 0 bridgehead atoms. The molecule has 114 valence electrons. The van der Waals surface area contributed by atoms with Crippen molar-refractivity contribution < 1.29 is 22.3 Å². The van der Waals surface area contributed by atoms with Crippen molar-refractivity contribution in [3.8, 4) is 21.9 Å². The molecule has 0 aliphatic heterocycles. The Labute approximate surface area is 128 Å². The first-order chi connectivity index (χ1) is 10.4. The molecular weight excluding hydrogens is 313 g/mol. The zero-order valence-electron chi connectivity index (χ0n) is 11.8. The molecule has 0 saturated heterocycles. The summed E-state index contributed by atoms with van der Waals surface area (Å²) in [6.45, 7) is 1.70. The molecule has 0 radical (unpaired) electrons. The zero-order chi connectivity index (χ0) is 15.9. The lowest BCUT2D eigenvalue weighted by Gasteiger charge is -2.07. The van der Waals surface area contributed by atoms with Gasteiger partial charge in [-0.1, -0.05) is 35.0 Å². The lowest BCUT2D eigenvalue weighted by Crippen LogP contribution is -2.32. The lowest BCUT2D eigenvalue weighted by molar-refractivity contribution is -0.736. The van der Waals surface area contributed by atoms with E-state index in [0.29, 0.717) is 27.7 Å². The predicted molar refractivity (Wildman–Crippen MR) is 76.2 cm³/mol. The Kier molecular flexibility index (Phi) is 3.52. The van der Waals surface area contributed by atoms with Crippen LogP contribution in [0.15, 0.2) is 40.8 Å². The van der Waals surface area contributed by atoms with Gasteiger partial charge in [0.2, 0.25) is 0 Å². The van der Waals surface area contributed by atoms with Gasteiger partial charge in [0.25, 0.3) is 0 Å². The summed E-state index contributed by atoms with van der Waals surface area (Å²) in [6, 6.07) is 9.98. The first-order valence-corrected chi connectivity index (χ1v) is 7.28. The summed E-state index contributed by atoms with van der Waals surface area (Å²) in [5.74, 6) is 0.718. The van der Waals surface area contributed by atoms with Gasteiger partial charge in [0, 0.05) is 10.7 Å². The largest absolute Gasteiger partial charge is 0.426 e. The Morgan fingerprint density at radius 2 is 1.86 bits per heavy atom. The monoisotopic (exact) mass is 325 g/mol. The fourth-order valence-electron chi connectivity index (χ4n) is 2.07. The molecule has 2 aromatic heterocycles. The molecule has 0 aliphatic rings. The van der Waals surface area contributed by atoms with Crippen molar-refractivity contribution in [1.29, 1.82) is 0 Å². The van der Waals surface area contributed by atoms with Gasteiger partial charge < -0.3 is 4.42 Å². The third kappa shape index (κ3) is 2.64. The number of benzene rings is 1. The van der Waals surface area contributed by atoms with E-state index in [-0.39, 0.29) is 11.5 Å². The predicted octanol–water partition coefficient (Wildman–Crippen LogP) is 4.22. The third-order valence-corrected chi connectivity index (χ3v) is 4.39. The average molecular weight is 325 g/mol. The van der Waals surface area contributed by atoms with Crippen molar-refractivity contribution in [3.05, 3.63) is 47.2 Å². The van der Waals surface area contributed by atoms with E-state index >= 15 is 0 Å². The summed E-state index contributed by atoms with van der Waals surface area (Å²) in [5, 5.41) is 4.10. The Bertz CT molecular complexity index is 787. The standard InChI is InChI=1S/C15H12F3N2OS/c1-9-20(2)19-14(21-9)12-8-11(10-6-4-3-5-7-10)13(22-12)15(16,17)18/h3-8H,1-2H3/q+1. The number of aryl methyl sites for hydroxylation is 2. The Morgan fingerprint density at radius 1 is 1.18 bits per heavy atom. The molecule has 0 unspecified atom stereocenters. The number of hydrogen-bond donors (Lipinski definition) is 0. The second-order valence-corrected chi connectivity index (χ2v) is 5.82. The van der Waals surface area contributed by atoms with Crippen LogP contribution < -0.4 is 4.68 Å². The van der Waals surface area contributed by atoms with Crippen LogP contribution in [0.3, 0.4) is 0 Å². The molecule has 2 heterocycles. The van der Waals surface area contributed by atoms with E-state index < -0.39 is 11.1 Å². The van der Waals surface area contributed by atoms with E-state index in [4.69, 9.17) is 4.42 Å². The number of halogens is 3. The molecule has 1 aromatic carbocycles. The summed E-state index contributed by atoms with van der Waals surface area (Å²) in [7, 11) is 1.68. The van der Waals surface area contributed by atoms with Crippen LogP contribution in [0.2, 0.25) is 0 Å². The summed E-state index contributed by atoms with van der Waals surface area (Å²) < 4.78 is 46.8. The second kappa shape index (κ2) is 5.24. The van der Waals surface area contributed by atoms with Crippen molar-refractivity contribution in [2.45, 2.75) is 13.1 Å². The molecule has 7 heteroatoms. The maximum absolute atomic E-state index is 13.3. The minimum atomic E-state index is -4.42. The topological polar surface area (TPSA) is 29.9 Å². The first-order valence-electron chi connectivity index (χ1n) is 6.47. The highest BCUT2D eigenvalue weighted by molar-refractivity contribution is 7.16. The van der Waals surface area contributed by atoms with E-state index in [1.807, 2.05) is 0 Å². The highest BCUT2D eigenvalue weighted by Gasteiger charge is 2.37. The number of nitrogens with zero attached hydrogens (tertiary/aromatic N) is 2. The molecule has 3 rings (SSSR count). The van der Waals surface area contributed by atoms with Crippen LogP contribution in [0.1, 0.15) is 10.8 Å². The highest BCUT2D eigenvalue weighted by atomic mass is 32.1. The molecule has 0 N–H and O–H groups in total. The van der Waals surface area contributed by atoms with Gasteiger partial charge >= 0.3 is 18.0 Å². The van der Waals surface area contributed by atoms with E-state index in [0.717, 1.165) is 0 Å².